The van der Waals surface area contributed by atoms with E-state index in [9.17, 15) is 4.39 Å². The smallest absolute Gasteiger partial charge is 0.136 e. The molecule has 0 amide bonds. The number of nitrogens with one attached hydrogen (secondary N) is 2. The van der Waals surface area contributed by atoms with Gasteiger partial charge in [0, 0.05) is 21.9 Å². The van der Waals surface area contributed by atoms with Gasteiger partial charge in [-0.3, -0.25) is 0 Å². The molecule has 25 heavy (non-hydrogen) atoms. The molecule has 0 radical (unpaired) electrons. The molecule has 4 N–H and O–H groups in total. The summed E-state index contributed by atoms with van der Waals surface area (Å²) in [5.74, 6) is 0.0432. The van der Waals surface area contributed by atoms with E-state index in [0.29, 0.717) is 22.8 Å². The average molecular weight is 353 g/mol. The summed E-state index contributed by atoms with van der Waals surface area (Å²) in [5.41, 5.74) is 9.13. The van der Waals surface area contributed by atoms with E-state index in [4.69, 9.17) is 11.1 Å². The van der Waals surface area contributed by atoms with Gasteiger partial charge in [0.2, 0.25) is 0 Å². The van der Waals surface area contributed by atoms with Crippen LogP contribution in [-0.4, -0.2) is 15.7 Å². The number of anilines is 2. The number of hydrogen-bond donors (Lipinski definition) is 3. The SMILES string of the molecule is CC(=N)c1c(N)ncnc1-c1ccc(NSc2ccc(F)cc2)cc1. The molecule has 126 valence electrons. The Morgan fingerprint density at radius 1 is 1.08 bits per heavy atom. The van der Waals surface area contributed by atoms with Crippen LogP contribution in [0, 0.1) is 11.2 Å². The van der Waals surface area contributed by atoms with Crippen LogP contribution in [0.2, 0.25) is 0 Å². The van der Waals surface area contributed by atoms with E-state index in [1.807, 2.05) is 24.3 Å². The molecule has 0 bridgehead atoms. The van der Waals surface area contributed by atoms with Crippen LogP contribution in [0.5, 0.6) is 0 Å². The summed E-state index contributed by atoms with van der Waals surface area (Å²) in [6.45, 7) is 1.66. The third kappa shape index (κ3) is 3.95. The highest BCUT2D eigenvalue weighted by atomic mass is 32.2. The molecule has 0 aliphatic carbocycles. The first-order valence-electron chi connectivity index (χ1n) is 7.49. The molecular formula is C18H16FN5S. The molecule has 0 saturated heterocycles. The standard InChI is InChI=1S/C18H16FN5S/c1-11(20)16-17(22-10-23-18(16)21)12-2-6-14(7-3-12)24-25-15-8-4-13(19)5-9-15/h2-10,20,24H,1H3,(H2,21,22,23). The summed E-state index contributed by atoms with van der Waals surface area (Å²) in [5, 5.41) is 7.88. The predicted molar refractivity (Wildman–Crippen MR) is 100 cm³/mol. The van der Waals surface area contributed by atoms with Gasteiger partial charge in [-0.1, -0.05) is 12.1 Å². The quantitative estimate of drug-likeness (QED) is 0.468. The highest BCUT2D eigenvalue weighted by Gasteiger charge is 2.13. The van der Waals surface area contributed by atoms with E-state index in [-0.39, 0.29) is 5.82 Å². The lowest BCUT2D eigenvalue weighted by molar-refractivity contribution is 0.626. The summed E-state index contributed by atoms with van der Waals surface area (Å²) < 4.78 is 16.1. The topological polar surface area (TPSA) is 87.7 Å². The zero-order chi connectivity index (χ0) is 17.8. The Morgan fingerprint density at radius 2 is 1.76 bits per heavy atom. The maximum absolute atomic E-state index is 12.9. The molecule has 0 saturated carbocycles. The molecule has 0 spiro atoms. The summed E-state index contributed by atoms with van der Waals surface area (Å²) in [4.78, 5) is 9.14. The fraction of sp³-hybridized carbons (Fsp3) is 0.0556. The maximum atomic E-state index is 12.9. The molecule has 3 aromatic rings. The number of hydrogen-bond acceptors (Lipinski definition) is 6. The van der Waals surface area contributed by atoms with E-state index in [2.05, 4.69) is 14.7 Å². The summed E-state index contributed by atoms with van der Waals surface area (Å²) >= 11 is 1.40. The van der Waals surface area contributed by atoms with Crippen molar-refractivity contribution >= 4 is 29.2 Å². The Morgan fingerprint density at radius 3 is 2.40 bits per heavy atom. The lowest BCUT2D eigenvalue weighted by Gasteiger charge is -2.10. The molecule has 5 nitrogen and oxygen atoms in total. The van der Waals surface area contributed by atoms with Gasteiger partial charge in [0.05, 0.1) is 11.3 Å². The molecule has 1 aromatic heterocycles. The van der Waals surface area contributed by atoms with E-state index in [0.717, 1.165) is 16.1 Å². The lowest BCUT2D eigenvalue weighted by atomic mass is 10.0. The Kier molecular flexibility index (Phi) is 4.95. The van der Waals surface area contributed by atoms with Crippen molar-refractivity contribution in [3.63, 3.8) is 0 Å². The van der Waals surface area contributed by atoms with Gasteiger partial charge < -0.3 is 15.9 Å². The lowest BCUT2D eigenvalue weighted by Crippen LogP contribution is -2.06. The molecule has 2 aromatic carbocycles. The molecule has 0 aliphatic heterocycles. The summed E-state index contributed by atoms with van der Waals surface area (Å²) in [6.07, 6.45) is 1.40. The van der Waals surface area contributed by atoms with Crippen molar-refractivity contribution < 1.29 is 4.39 Å². The second kappa shape index (κ2) is 7.31. The minimum Gasteiger partial charge on any atom is -0.383 e. The number of aromatic nitrogens is 2. The van der Waals surface area contributed by atoms with Crippen LogP contribution in [0.4, 0.5) is 15.9 Å². The van der Waals surface area contributed by atoms with Crippen molar-refractivity contribution in [2.45, 2.75) is 11.8 Å². The minimum atomic E-state index is -0.255. The van der Waals surface area contributed by atoms with Crippen LogP contribution in [0.15, 0.2) is 59.8 Å². The van der Waals surface area contributed by atoms with Gasteiger partial charge >= 0.3 is 0 Å². The number of nitrogen functional groups attached to an aromatic ring is 1. The number of halogens is 1. The molecule has 1 heterocycles. The first-order valence-corrected chi connectivity index (χ1v) is 8.31. The van der Waals surface area contributed by atoms with Crippen molar-refractivity contribution in [1.82, 2.24) is 9.97 Å². The normalized spacial score (nSPS) is 10.5. The Bertz CT molecular complexity index is 894. The van der Waals surface area contributed by atoms with Crippen LogP contribution in [0.3, 0.4) is 0 Å². The zero-order valence-electron chi connectivity index (χ0n) is 13.5. The van der Waals surface area contributed by atoms with Crippen LogP contribution in [0.25, 0.3) is 11.3 Å². The number of nitrogens with zero attached hydrogens (tertiary/aromatic N) is 2. The first kappa shape index (κ1) is 16.9. The fourth-order valence-electron chi connectivity index (χ4n) is 2.30. The van der Waals surface area contributed by atoms with Crippen molar-refractivity contribution in [3.05, 3.63) is 66.2 Å². The van der Waals surface area contributed by atoms with Gasteiger partial charge in [-0.2, -0.15) is 0 Å². The van der Waals surface area contributed by atoms with Crippen molar-refractivity contribution in [2.24, 2.45) is 0 Å². The third-order valence-corrected chi connectivity index (χ3v) is 4.36. The Hall–Kier alpha value is -2.93. The fourth-order valence-corrected chi connectivity index (χ4v) is 2.95. The third-order valence-electron chi connectivity index (χ3n) is 3.51. The Labute approximate surface area is 149 Å². The largest absolute Gasteiger partial charge is 0.383 e. The number of benzene rings is 2. The van der Waals surface area contributed by atoms with Crippen molar-refractivity contribution in [3.8, 4) is 11.3 Å². The molecular weight excluding hydrogens is 337 g/mol. The molecule has 0 atom stereocenters. The van der Waals surface area contributed by atoms with E-state index >= 15 is 0 Å². The molecule has 7 heteroatoms. The zero-order valence-corrected chi connectivity index (χ0v) is 14.3. The van der Waals surface area contributed by atoms with E-state index in [1.165, 1.54) is 30.4 Å². The van der Waals surface area contributed by atoms with Gasteiger partial charge in [0.25, 0.3) is 0 Å². The van der Waals surface area contributed by atoms with Crippen molar-refractivity contribution in [1.29, 1.82) is 5.41 Å². The molecule has 0 aliphatic rings. The number of rotatable bonds is 5. The minimum absolute atomic E-state index is 0.255. The van der Waals surface area contributed by atoms with Gasteiger partial charge in [0.1, 0.15) is 18.0 Å². The molecule has 0 unspecified atom stereocenters. The number of nitrogens with two attached hydrogens (primary N) is 1. The predicted octanol–water partition coefficient (Wildman–Crippen LogP) is 4.37. The molecule has 3 rings (SSSR count). The van der Waals surface area contributed by atoms with Gasteiger partial charge in [-0.25, -0.2) is 14.4 Å². The second-order valence-electron chi connectivity index (χ2n) is 5.34. The summed E-state index contributed by atoms with van der Waals surface area (Å²) in [6, 6.07) is 13.9. The second-order valence-corrected chi connectivity index (χ2v) is 6.22. The van der Waals surface area contributed by atoms with Crippen LogP contribution in [-0.2, 0) is 0 Å². The van der Waals surface area contributed by atoms with E-state index in [1.54, 1.807) is 19.1 Å². The van der Waals surface area contributed by atoms with Gasteiger partial charge in [-0.15, -0.1) is 0 Å². The first-order chi connectivity index (χ1) is 12.0. The van der Waals surface area contributed by atoms with Crippen LogP contribution in [0.1, 0.15) is 12.5 Å². The monoisotopic (exact) mass is 353 g/mol. The highest BCUT2D eigenvalue weighted by molar-refractivity contribution is 8.00. The van der Waals surface area contributed by atoms with Gasteiger partial charge in [-0.05, 0) is 55.3 Å². The van der Waals surface area contributed by atoms with E-state index < -0.39 is 0 Å². The maximum Gasteiger partial charge on any atom is 0.136 e. The highest BCUT2D eigenvalue weighted by Crippen LogP contribution is 2.27. The molecule has 0 fully saturated rings. The Balaban J connectivity index is 1.78. The van der Waals surface area contributed by atoms with Crippen LogP contribution < -0.4 is 10.5 Å². The average Bonchev–Trinajstić information content (AvgIpc) is 2.61. The van der Waals surface area contributed by atoms with Crippen molar-refractivity contribution in [2.75, 3.05) is 10.5 Å². The summed E-state index contributed by atoms with van der Waals surface area (Å²) in [7, 11) is 0. The van der Waals surface area contributed by atoms with Crippen LogP contribution >= 0.6 is 11.9 Å². The van der Waals surface area contributed by atoms with Gasteiger partial charge in [0.15, 0.2) is 0 Å².